The highest BCUT2D eigenvalue weighted by atomic mass is 35.5. The van der Waals surface area contributed by atoms with Gasteiger partial charge in [0.2, 0.25) is 0 Å². The Morgan fingerprint density at radius 1 is 1.35 bits per heavy atom. The number of halogens is 1. The molecule has 0 fully saturated rings. The third-order valence-electron chi connectivity index (χ3n) is 2.29. The number of hydrogen-bond donors (Lipinski definition) is 2. The summed E-state index contributed by atoms with van der Waals surface area (Å²) < 4.78 is 0. The van der Waals surface area contributed by atoms with E-state index in [2.05, 4.69) is 11.4 Å². The van der Waals surface area contributed by atoms with Crippen molar-refractivity contribution in [2.75, 3.05) is 5.32 Å². The molecule has 17 heavy (non-hydrogen) atoms. The first-order valence-electron chi connectivity index (χ1n) is 5.03. The smallest absolute Gasteiger partial charge is 0.107 e. The summed E-state index contributed by atoms with van der Waals surface area (Å²) in [5, 5.41) is 5.92. The molecule has 1 aromatic heterocycles. The normalized spacial score (nSPS) is 10.2. The number of benzene rings is 1. The second-order valence-corrected chi connectivity index (χ2v) is 5.34. The van der Waals surface area contributed by atoms with Crippen LogP contribution in [0.2, 0.25) is 5.02 Å². The van der Waals surface area contributed by atoms with Crippen molar-refractivity contribution < 1.29 is 0 Å². The minimum atomic E-state index is 0.310. The summed E-state index contributed by atoms with van der Waals surface area (Å²) in [6.45, 7) is 0.744. The lowest BCUT2D eigenvalue weighted by molar-refractivity contribution is 1.19. The lowest BCUT2D eigenvalue weighted by Crippen LogP contribution is -2.13. The van der Waals surface area contributed by atoms with E-state index >= 15 is 0 Å². The summed E-state index contributed by atoms with van der Waals surface area (Å²) in [6, 6.07) is 9.68. The van der Waals surface area contributed by atoms with E-state index in [1.807, 2.05) is 23.6 Å². The van der Waals surface area contributed by atoms with Gasteiger partial charge < -0.3 is 11.1 Å². The first-order valence-corrected chi connectivity index (χ1v) is 6.69. The third kappa shape index (κ3) is 2.97. The highest BCUT2D eigenvalue weighted by Crippen LogP contribution is 2.25. The van der Waals surface area contributed by atoms with E-state index in [0.717, 1.165) is 12.2 Å². The molecule has 2 nitrogen and oxygen atoms in total. The van der Waals surface area contributed by atoms with Gasteiger partial charge in [-0.25, -0.2) is 0 Å². The minimum absolute atomic E-state index is 0.310. The van der Waals surface area contributed by atoms with Crippen molar-refractivity contribution in [3.05, 3.63) is 51.2 Å². The first kappa shape index (κ1) is 12.4. The van der Waals surface area contributed by atoms with Gasteiger partial charge in [0, 0.05) is 17.1 Å². The predicted molar refractivity (Wildman–Crippen MR) is 79.0 cm³/mol. The van der Waals surface area contributed by atoms with Gasteiger partial charge in [0.25, 0.3) is 0 Å². The average Bonchev–Trinajstić information content (AvgIpc) is 2.78. The van der Waals surface area contributed by atoms with Crippen LogP contribution in [-0.4, -0.2) is 4.99 Å². The SMILES string of the molecule is NC(=S)c1c(Cl)cccc1NCc1cccs1. The van der Waals surface area contributed by atoms with Crippen LogP contribution < -0.4 is 11.1 Å². The molecule has 0 unspecified atom stereocenters. The quantitative estimate of drug-likeness (QED) is 0.841. The Balaban J connectivity index is 2.21. The van der Waals surface area contributed by atoms with Crippen LogP contribution >= 0.6 is 35.2 Å². The van der Waals surface area contributed by atoms with Crippen molar-refractivity contribution >= 4 is 45.8 Å². The highest BCUT2D eigenvalue weighted by Gasteiger charge is 2.09. The maximum absolute atomic E-state index is 6.08. The zero-order valence-electron chi connectivity index (χ0n) is 8.94. The Labute approximate surface area is 114 Å². The molecule has 0 aliphatic carbocycles. The van der Waals surface area contributed by atoms with Crippen LogP contribution in [0.5, 0.6) is 0 Å². The summed E-state index contributed by atoms with van der Waals surface area (Å²) in [5.41, 5.74) is 7.26. The summed E-state index contributed by atoms with van der Waals surface area (Å²) >= 11 is 12.8. The van der Waals surface area contributed by atoms with Gasteiger partial charge in [-0.1, -0.05) is 36.0 Å². The molecule has 0 amide bonds. The molecule has 0 aliphatic heterocycles. The maximum Gasteiger partial charge on any atom is 0.107 e. The second-order valence-electron chi connectivity index (χ2n) is 3.46. The van der Waals surface area contributed by atoms with Crippen molar-refractivity contribution in [1.82, 2.24) is 0 Å². The van der Waals surface area contributed by atoms with E-state index < -0.39 is 0 Å². The molecule has 2 rings (SSSR count). The maximum atomic E-state index is 6.08. The third-order valence-corrected chi connectivity index (χ3v) is 3.69. The van der Waals surface area contributed by atoms with Crippen LogP contribution in [0.4, 0.5) is 5.69 Å². The van der Waals surface area contributed by atoms with Crippen molar-refractivity contribution in [2.24, 2.45) is 5.73 Å². The molecular weight excluding hydrogens is 272 g/mol. The van der Waals surface area contributed by atoms with Crippen molar-refractivity contribution in [3.63, 3.8) is 0 Å². The van der Waals surface area contributed by atoms with Crippen LogP contribution in [0.1, 0.15) is 10.4 Å². The lowest BCUT2D eigenvalue weighted by Gasteiger charge is -2.11. The van der Waals surface area contributed by atoms with Gasteiger partial charge in [-0.05, 0) is 23.6 Å². The molecule has 0 saturated heterocycles. The van der Waals surface area contributed by atoms with Crippen LogP contribution in [0.3, 0.4) is 0 Å². The Kier molecular flexibility index (Phi) is 3.99. The Hall–Kier alpha value is -1.10. The Bertz CT molecular complexity index is 523. The number of rotatable bonds is 4. The summed E-state index contributed by atoms with van der Waals surface area (Å²) in [5.74, 6) is 0. The number of hydrogen-bond acceptors (Lipinski definition) is 3. The molecule has 2 aromatic rings. The highest BCUT2D eigenvalue weighted by molar-refractivity contribution is 7.80. The molecule has 0 radical (unpaired) electrons. The second kappa shape index (κ2) is 5.49. The molecule has 88 valence electrons. The van der Waals surface area contributed by atoms with E-state index in [-0.39, 0.29) is 0 Å². The van der Waals surface area contributed by atoms with Crippen LogP contribution in [0.25, 0.3) is 0 Å². The standard InChI is InChI=1S/C12H11ClN2S2/c13-9-4-1-5-10(11(9)12(14)16)15-7-8-3-2-6-17-8/h1-6,15H,7H2,(H2,14,16). The Morgan fingerprint density at radius 3 is 2.82 bits per heavy atom. The predicted octanol–water partition coefficient (Wildman–Crippen LogP) is 3.65. The summed E-state index contributed by atoms with van der Waals surface area (Å²) in [4.78, 5) is 1.56. The molecule has 0 aliphatic rings. The van der Waals surface area contributed by atoms with E-state index in [1.165, 1.54) is 4.88 Å². The van der Waals surface area contributed by atoms with Crippen LogP contribution in [-0.2, 0) is 6.54 Å². The number of thiocarbonyl (C=S) groups is 1. The van der Waals surface area contributed by atoms with Gasteiger partial charge in [0.15, 0.2) is 0 Å². The van der Waals surface area contributed by atoms with Crippen molar-refractivity contribution in [1.29, 1.82) is 0 Å². The van der Waals surface area contributed by atoms with Gasteiger partial charge in [-0.15, -0.1) is 11.3 Å². The molecule has 0 bridgehead atoms. The topological polar surface area (TPSA) is 38.0 Å². The molecule has 1 aromatic carbocycles. The van der Waals surface area contributed by atoms with E-state index in [4.69, 9.17) is 29.6 Å². The fraction of sp³-hybridized carbons (Fsp3) is 0.0833. The zero-order chi connectivity index (χ0) is 12.3. The average molecular weight is 283 g/mol. The largest absolute Gasteiger partial charge is 0.389 e. The fourth-order valence-corrected chi connectivity index (χ4v) is 2.71. The van der Waals surface area contributed by atoms with Crippen molar-refractivity contribution in [3.8, 4) is 0 Å². The monoisotopic (exact) mass is 282 g/mol. The molecular formula is C12H11ClN2S2. The van der Waals surface area contributed by atoms with Gasteiger partial charge >= 0.3 is 0 Å². The zero-order valence-corrected chi connectivity index (χ0v) is 11.3. The first-order chi connectivity index (χ1) is 8.18. The van der Waals surface area contributed by atoms with Gasteiger partial charge in [-0.3, -0.25) is 0 Å². The number of anilines is 1. The lowest BCUT2D eigenvalue weighted by atomic mass is 10.1. The van der Waals surface area contributed by atoms with Gasteiger partial charge in [0.05, 0.1) is 10.6 Å². The molecule has 1 heterocycles. The molecule has 0 spiro atoms. The number of thiophene rings is 1. The van der Waals surface area contributed by atoms with Crippen LogP contribution in [0.15, 0.2) is 35.7 Å². The Morgan fingerprint density at radius 2 is 2.18 bits per heavy atom. The molecule has 3 N–H and O–H groups in total. The summed E-state index contributed by atoms with van der Waals surface area (Å²) in [6.07, 6.45) is 0. The molecule has 5 heteroatoms. The van der Waals surface area contributed by atoms with Crippen molar-refractivity contribution in [2.45, 2.75) is 6.54 Å². The number of nitrogens with two attached hydrogens (primary N) is 1. The number of nitrogens with one attached hydrogen (secondary N) is 1. The molecule has 0 saturated carbocycles. The van der Waals surface area contributed by atoms with E-state index in [0.29, 0.717) is 15.6 Å². The summed E-state index contributed by atoms with van der Waals surface area (Å²) in [7, 11) is 0. The van der Waals surface area contributed by atoms with E-state index in [9.17, 15) is 0 Å². The van der Waals surface area contributed by atoms with Gasteiger partial charge in [-0.2, -0.15) is 0 Å². The minimum Gasteiger partial charge on any atom is -0.389 e. The molecule has 0 atom stereocenters. The van der Waals surface area contributed by atoms with Gasteiger partial charge in [0.1, 0.15) is 4.99 Å². The fourth-order valence-electron chi connectivity index (χ4n) is 1.52. The van der Waals surface area contributed by atoms with Crippen LogP contribution in [0, 0.1) is 0 Å². The van der Waals surface area contributed by atoms with E-state index in [1.54, 1.807) is 17.4 Å².